The number of nitrogens with zero attached hydrogens (tertiary/aromatic N) is 3. The quantitative estimate of drug-likeness (QED) is 0.837. The van der Waals surface area contributed by atoms with Gasteiger partial charge in [-0.1, -0.05) is 6.07 Å². The van der Waals surface area contributed by atoms with Crippen LogP contribution in [0.25, 0.3) is 0 Å². The van der Waals surface area contributed by atoms with Gasteiger partial charge in [0, 0.05) is 25.7 Å². The Bertz CT molecular complexity index is 509. The molecule has 0 saturated carbocycles. The van der Waals surface area contributed by atoms with E-state index in [0.717, 1.165) is 24.2 Å². The first-order valence-corrected chi connectivity index (χ1v) is 6.87. The van der Waals surface area contributed by atoms with Crippen molar-refractivity contribution in [3.63, 3.8) is 0 Å². The minimum absolute atomic E-state index is 0.232. The molecule has 0 bridgehead atoms. The van der Waals surface area contributed by atoms with Gasteiger partial charge in [-0.05, 0) is 38.2 Å². The molecule has 0 aliphatic carbocycles. The van der Waals surface area contributed by atoms with E-state index in [9.17, 15) is 10.4 Å². The third-order valence-electron chi connectivity index (χ3n) is 3.69. The summed E-state index contributed by atoms with van der Waals surface area (Å²) in [5.41, 5.74) is 8.10. The van der Waals surface area contributed by atoms with Crippen LogP contribution in [-0.2, 0) is 6.54 Å². The number of nitriles is 1. The van der Waals surface area contributed by atoms with Crippen LogP contribution >= 0.6 is 0 Å². The Labute approximate surface area is 120 Å². The number of aliphatic hydroxyl groups is 1. The van der Waals surface area contributed by atoms with E-state index in [2.05, 4.69) is 15.9 Å². The predicted molar refractivity (Wildman–Crippen MR) is 79.4 cm³/mol. The number of β-amino-alcohol motifs (C(OH)–C–C–N with tert-alkyl or cyclic N) is 1. The van der Waals surface area contributed by atoms with Crippen molar-refractivity contribution < 1.29 is 5.11 Å². The summed E-state index contributed by atoms with van der Waals surface area (Å²) < 4.78 is 0. The van der Waals surface area contributed by atoms with E-state index in [0.29, 0.717) is 18.7 Å². The van der Waals surface area contributed by atoms with Crippen molar-refractivity contribution in [3.8, 4) is 6.07 Å². The highest BCUT2D eigenvalue weighted by Crippen LogP contribution is 2.29. The molecule has 0 aromatic heterocycles. The summed E-state index contributed by atoms with van der Waals surface area (Å²) in [6.07, 6.45) is 0.405. The Hall–Kier alpha value is -1.61. The van der Waals surface area contributed by atoms with E-state index < -0.39 is 0 Å². The summed E-state index contributed by atoms with van der Waals surface area (Å²) in [6.45, 7) is 1.87. The number of likely N-dealkylation sites (N-methyl/N-ethyl adjacent to an activating group) is 1. The normalized spacial score (nSPS) is 22.3. The lowest BCUT2D eigenvalue weighted by Gasteiger charge is -2.29. The van der Waals surface area contributed by atoms with Gasteiger partial charge in [-0.25, -0.2) is 0 Å². The van der Waals surface area contributed by atoms with E-state index in [1.54, 1.807) is 0 Å². The van der Waals surface area contributed by atoms with Gasteiger partial charge in [0.05, 0.1) is 17.4 Å². The number of hydrogen-bond acceptors (Lipinski definition) is 5. The molecule has 0 amide bonds. The van der Waals surface area contributed by atoms with Crippen LogP contribution < -0.4 is 10.6 Å². The smallest absolute Gasteiger partial charge is 0.101 e. The molecule has 1 aliphatic rings. The average Bonchev–Trinajstić information content (AvgIpc) is 2.77. The molecular weight excluding hydrogens is 252 g/mol. The molecule has 0 spiro atoms. The summed E-state index contributed by atoms with van der Waals surface area (Å²) in [7, 11) is 4.04. The molecule has 1 aliphatic heterocycles. The minimum Gasteiger partial charge on any atom is -0.391 e. The highest BCUT2D eigenvalue weighted by atomic mass is 16.3. The Balaban J connectivity index is 2.31. The van der Waals surface area contributed by atoms with E-state index in [1.165, 1.54) is 0 Å². The molecule has 20 heavy (non-hydrogen) atoms. The zero-order valence-corrected chi connectivity index (χ0v) is 12.1. The third kappa shape index (κ3) is 3.10. The molecule has 0 radical (unpaired) electrons. The zero-order chi connectivity index (χ0) is 14.7. The second-order valence-electron chi connectivity index (χ2n) is 5.63. The fourth-order valence-corrected chi connectivity index (χ4v) is 2.83. The van der Waals surface area contributed by atoms with Crippen molar-refractivity contribution in [2.45, 2.75) is 25.1 Å². The number of hydrogen-bond donors (Lipinski definition) is 2. The Morgan fingerprint density at radius 3 is 2.85 bits per heavy atom. The molecule has 5 heteroatoms. The van der Waals surface area contributed by atoms with Gasteiger partial charge in [0.2, 0.25) is 0 Å². The summed E-state index contributed by atoms with van der Waals surface area (Å²) in [4.78, 5) is 4.25. The Morgan fingerprint density at radius 2 is 2.25 bits per heavy atom. The van der Waals surface area contributed by atoms with E-state index in [1.807, 2.05) is 32.3 Å². The lowest BCUT2D eigenvalue weighted by molar-refractivity contribution is 0.191. The number of aliphatic hydroxyl groups excluding tert-OH is 1. The van der Waals surface area contributed by atoms with Gasteiger partial charge in [-0.15, -0.1) is 0 Å². The van der Waals surface area contributed by atoms with Gasteiger partial charge in [-0.3, -0.25) is 0 Å². The molecule has 1 fully saturated rings. The van der Waals surface area contributed by atoms with Crippen molar-refractivity contribution in [2.75, 3.05) is 32.1 Å². The van der Waals surface area contributed by atoms with Gasteiger partial charge < -0.3 is 20.6 Å². The average molecular weight is 274 g/mol. The van der Waals surface area contributed by atoms with Crippen molar-refractivity contribution in [1.82, 2.24) is 4.90 Å². The molecule has 2 unspecified atom stereocenters. The van der Waals surface area contributed by atoms with Crippen LogP contribution in [0.5, 0.6) is 0 Å². The van der Waals surface area contributed by atoms with E-state index in [4.69, 9.17) is 5.73 Å². The monoisotopic (exact) mass is 274 g/mol. The molecular formula is C15H22N4O. The molecule has 1 saturated heterocycles. The molecule has 3 N–H and O–H groups in total. The van der Waals surface area contributed by atoms with Gasteiger partial charge in [0.15, 0.2) is 0 Å². The lowest BCUT2D eigenvalue weighted by Crippen LogP contribution is -2.38. The fraction of sp³-hybridized carbons (Fsp3) is 0.533. The maximum Gasteiger partial charge on any atom is 0.101 e. The first kappa shape index (κ1) is 14.8. The molecule has 2 atom stereocenters. The maximum atomic E-state index is 9.95. The van der Waals surface area contributed by atoms with Crippen LogP contribution in [0.2, 0.25) is 0 Å². The van der Waals surface area contributed by atoms with Crippen LogP contribution in [-0.4, -0.2) is 49.3 Å². The lowest BCUT2D eigenvalue weighted by atomic mass is 10.1. The summed E-state index contributed by atoms with van der Waals surface area (Å²) >= 11 is 0. The van der Waals surface area contributed by atoms with Crippen LogP contribution in [0.3, 0.4) is 0 Å². The number of anilines is 1. The van der Waals surface area contributed by atoms with Gasteiger partial charge >= 0.3 is 0 Å². The second kappa shape index (κ2) is 6.23. The fourth-order valence-electron chi connectivity index (χ4n) is 2.83. The Kier molecular flexibility index (Phi) is 4.61. The second-order valence-corrected chi connectivity index (χ2v) is 5.63. The van der Waals surface area contributed by atoms with Crippen molar-refractivity contribution in [1.29, 1.82) is 5.26 Å². The highest BCUT2D eigenvalue weighted by Gasteiger charge is 2.32. The number of benzene rings is 1. The summed E-state index contributed by atoms with van der Waals surface area (Å²) in [5, 5.41) is 19.3. The van der Waals surface area contributed by atoms with Gasteiger partial charge in [0.25, 0.3) is 0 Å². The maximum absolute atomic E-state index is 9.95. The first-order valence-electron chi connectivity index (χ1n) is 6.87. The Morgan fingerprint density at radius 1 is 1.50 bits per heavy atom. The van der Waals surface area contributed by atoms with Gasteiger partial charge in [0.1, 0.15) is 6.07 Å². The van der Waals surface area contributed by atoms with Crippen LogP contribution in [0, 0.1) is 11.3 Å². The van der Waals surface area contributed by atoms with Crippen LogP contribution in [0.4, 0.5) is 5.69 Å². The largest absolute Gasteiger partial charge is 0.391 e. The minimum atomic E-state index is -0.333. The molecule has 108 valence electrons. The number of nitrogens with two attached hydrogens (primary N) is 1. The zero-order valence-electron chi connectivity index (χ0n) is 12.1. The van der Waals surface area contributed by atoms with Crippen LogP contribution in [0.1, 0.15) is 17.5 Å². The van der Waals surface area contributed by atoms with E-state index in [-0.39, 0.29) is 12.1 Å². The molecule has 1 heterocycles. The van der Waals surface area contributed by atoms with Crippen molar-refractivity contribution in [2.24, 2.45) is 5.73 Å². The first-order chi connectivity index (χ1) is 9.55. The summed E-state index contributed by atoms with van der Waals surface area (Å²) in [5.74, 6) is 0. The molecule has 2 rings (SSSR count). The van der Waals surface area contributed by atoms with E-state index >= 15 is 0 Å². The van der Waals surface area contributed by atoms with Crippen molar-refractivity contribution >= 4 is 5.69 Å². The summed E-state index contributed by atoms with van der Waals surface area (Å²) in [6, 6.07) is 8.21. The molecule has 1 aromatic carbocycles. The molecule has 5 nitrogen and oxygen atoms in total. The SMILES string of the molecule is CN(C)CC1CC(O)CN1c1ccc(CN)cc1C#N. The molecule has 1 aromatic rings. The van der Waals surface area contributed by atoms with Gasteiger partial charge in [-0.2, -0.15) is 5.26 Å². The van der Waals surface area contributed by atoms with Crippen LogP contribution in [0.15, 0.2) is 18.2 Å². The standard InChI is InChI=1S/C15H22N4O/c1-18(2)9-13-6-14(20)10-19(13)15-4-3-11(7-16)5-12(15)8-17/h3-5,13-14,20H,6-7,9-10,16H2,1-2H3. The number of rotatable bonds is 4. The topological polar surface area (TPSA) is 76.5 Å². The third-order valence-corrected chi connectivity index (χ3v) is 3.69. The highest BCUT2D eigenvalue weighted by molar-refractivity contribution is 5.62. The predicted octanol–water partition coefficient (Wildman–Crippen LogP) is 0.518. The van der Waals surface area contributed by atoms with Crippen molar-refractivity contribution in [3.05, 3.63) is 29.3 Å².